The van der Waals surface area contributed by atoms with Crippen LogP contribution in [0.4, 0.5) is 14.9 Å². The summed E-state index contributed by atoms with van der Waals surface area (Å²) in [4.78, 5) is 28.5. The number of rotatable bonds is 4. The van der Waals surface area contributed by atoms with E-state index in [2.05, 4.69) is 17.2 Å². The first-order chi connectivity index (χ1) is 15.5. The first kappa shape index (κ1) is 21.8. The van der Waals surface area contributed by atoms with Crippen molar-refractivity contribution < 1.29 is 23.8 Å². The molecule has 2 aromatic rings. The second-order valence-electron chi connectivity index (χ2n) is 7.79. The Balaban J connectivity index is 1.50. The number of methoxy groups -OCH3 is 1. The number of hydrogen-bond donors (Lipinski definition) is 2. The summed E-state index contributed by atoms with van der Waals surface area (Å²) in [5.41, 5.74) is 1.87. The summed E-state index contributed by atoms with van der Waals surface area (Å²) in [7, 11) is 1.58. The van der Waals surface area contributed by atoms with Gasteiger partial charge in [0.1, 0.15) is 19.0 Å². The lowest BCUT2D eigenvalue weighted by Gasteiger charge is -2.58. The number of hydrogen-bond acceptors (Lipinski definition) is 4. The normalized spacial score (nSPS) is 21.8. The van der Waals surface area contributed by atoms with E-state index in [4.69, 9.17) is 4.74 Å². The van der Waals surface area contributed by atoms with Gasteiger partial charge in [0, 0.05) is 25.1 Å². The number of fused-ring (bicyclic) bond motifs is 1. The SMILES string of the molecule is COCC#Cc1ccc([C@H]2[C@@H](CO)N3C(=O)CN(C(=O)Nc4ccccc4F)C[C@H]23)cc1. The molecular formula is C24H24FN3O4. The quantitative estimate of drug-likeness (QED) is 0.718. The van der Waals surface area contributed by atoms with Gasteiger partial charge in [0.25, 0.3) is 0 Å². The lowest BCUT2D eigenvalue weighted by Crippen LogP contribution is -2.73. The predicted octanol–water partition coefficient (Wildman–Crippen LogP) is 2.03. The Morgan fingerprint density at radius 1 is 1.25 bits per heavy atom. The number of nitrogens with one attached hydrogen (secondary N) is 1. The summed E-state index contributed by atoms with van der Waals surface area (Å²) in [6.45, 7) is 0.362. The Morgan fingerprint density at radius 3 is 2.69 bits per heavy atom. The average molecular weight is 437 g/mol. The minimum Gasteiger partial charge on any atom is -0.394 e. The van der Waals surface area contributed by atoms with E-state index in [1.54, 1.807) is 18.1 Å². The first-order valence-corrected chi connectivity index (χ1v) is 10.3. The maximum absolute atomic E-state index is 13.9. The van der Waals surface area contributed by atoms with Crippen molar-refractivity contribution in [2.45, 2.75) is 18.0 Å². The van der Waals surface area contributed by atoms with Crippen LogP contribution in [0.2, 0.25) is 0 Å². The van der Waals surface area contributed by atoms with E-state index in [1.807, 2.05) is 24.3 Å². The molecule has 3 amide bonds. The minimum atomic E-state index is -0.540. The van der Waals surface area contributed by atoms with E-state index in [0.29, 0.717) is 13.2 Å². The van der Waals surface area contributed by atoms with Gasteiger partial charge in [-0.3, -0.25) is 4.79 Å². The summed E-state index contributed by atoms with van der Waals surface area (Å²) in [5, 5.41) is 12.4. The highest BCUT2D eigenvalue weighted by atomic mass is 19.1. The van der Waals surface area contributed by atoms with Crippen molar-refractivity contribution in [1.29, 1.82) is 0 Å². The monoisotopic (exact) mass is 437 g/mol. The number of urea groups is 1. The average Bonchev–Trinajstić information content (AvgIpc) is 2.78. The van der Waals surface area contributed by atoms with Gasteiger partial charge in [-0.2, -0.15) is 0 Å². The van der Waals surface area contributed by atoms with Gasteiger partial charge in [-0.25, -0.2) is 9.18 Å². The molecule has 0 saturated carbocycles. The molecule has 0 spiro atoms. The summed E-state index contributed by atoms with van der Waals surface area (Å²) >= 11 is 0. The number of ether oxygens (including phenoxy) is 1. The van der Waals surface area contributed by atoms with Crippen LogP contribution in [0.25, 0.3) is 0 Å². The fraction of sp³-hybridized carbons (Fsp3) is 0.333. The smallest absolute Gasteiger partial charge is 0.322 e. The number of piperazine rings is 1. The highest BCUT2D eigenvalue weighted by Gasteiger charge is 2.54. The number of carbonyl (C=O) groups excluding carboxylic acids is 2. The second kappa shape index (κ2) is 9.39. The molecule has 32 heavy (non-hydrogen) atoms. The van der Waals surface area contributed by atoms with E-state index >= 15 is 0 Å². The molecule has 2 heterocycles. The molecule has 2 aromatic carbocycles. The zero-order valence-corrected chi connectivity index (χ0v) is 17.6. The number of nitrogens with zero attached hydrogens (tertiary/aromatic N) is 2. The molecule has 0 bridgehead atoms. The summed E-state index contributed by atoms with van der Waals surface area (Å²) in [6, 6.07) is 12.4. The van der Waals surface area contributed by atoms with Gasteiger partial charge >= 0.3 is 6.03 Å². The Bertz CT molecular complexity index is 1060. The topological polar surface area (TPSA) is 82.1 Å². The van der Waals surface area contributed by atoms with Gasteiger partial charge in [-0.15, -0.1) is 0 Å². The molecule has 2 N–H and O–H groups in total. The third-order valence-electron chi connectivity index (χ3n) is 5.90. The van der Waals surface area contributed by atoms with Crippen LogP contribution in [0.3, 0.4) is 0 Å². The van der Waals surface area contributed by atoms with Crippen molar-refractivity contribution >= 4 is 17.6 Å². The molecule has 2 aliphatic heterocycles. The largest absolute Gasteiger partial charge is 0.394 e. The fourth-order valence-corrected chi connectivity index (χ4v) is 4.41. The highest BCUT2D eigenvalue weighted by Crippen LogP contribution is 2.43. The zero-order valence-electron chi connectivity index (χ0n) is 17.6. The lowest BCUT2D eigenvalue weighted by atomic mass is 9.73. The van der Waals surface area contributed by atoms with Gasteiger partial charge < -0.3 is 25.0 Å². The van der Waals surface area contributed by atoms with Crippen molar-refractivity contribution in [3.63, 3.8) is 0 Å². The number of carbonyl (C=O) groups is 2. The molecule has 7 nitrogen and oxygen atoms in total. The Morgan fingerprint density at radius 2 is 2.00 bits per heavy atom. The van der Waals surface area contributed by atoms with Crippen molar-refractivity contribution in [3.8, 4) is 11.8 Å². The number of para-hydroxylation sites is 1. The van der Waals surface area contributed by atoms with Crippen LogP contribution in [-0.2, 0) is 9.53 Å². The Kier molecular flexibility index (Phi) is 6.40. The van der Waals surface area contributed by atoms with E-state index in [1.165, 1.54) is 23.1 Å². The maximum atomic E-state index is 13.9. The molecule has 3 atom stereocenters. The molecule has 2 saturated heterocycles. The zero-order chi connectivity index (χ0) is 22.7. The Labute approximate surface area is 185 Å². The van der Waals surface area contributed by atoms with Crippen LogP contribution in [0.1, 0.15) is 17.0 Å². The lowest BCUT2D eigenvalue weighted by molar-refractivity contribution is -0.159. The molecule has 166 valence electrons. The van der Waals surface area contributed by atoms with Gasteiger partial charge in [0.15, 0.2) is 0 Å². The van der Waals surface area contributed by atoms with Crippen molar-refractivity contribution in [1.82, 2.24) is 9.80 Å². The standard InChI is InChI=1S/C24H24FN3O4/c1-32-12-4-5-16-8-10-17(11-9-16)23-20-13-27(14-22(30)28(20)21(23)15-29)24(31)26-19-7-3-2-6-18(19)25/h2-3,6-11,20-21,23,29H,12-15H2,1H3,(H,26,31)/t20-,21-,23-/m1/s1. The van der Waals surface area contributed by atoms with E-state index in [9.17, 15) is 19.1 Å². The number of benzene rings is 2. The predicted molar refractivity (Wildman–Crippen MR) is 116 cm³/mol. The molecule has 0 aliphatic carbocycles. The first-order valence-electron chi connectivity index (χ1n) is 10.3. The van der Waals surface area contributed by atoms with Gasteiger partial charge in [0.2, 0.25) is 5.91 Å². The molecule has 0 radical (unpaired) electrons. The molecule has 2 fully saturated rings. The van der Waals surface area contributed by atoms with Crippen molar-refractivity contribution in [2.75, 3.05) is 38.7 Å². The number of aliphatic hydroxyl groups is 1. The van der Waals surface area contributed by atoms with Crippen LogP contribution in [0.5, 0.6) is 0 Å². The molecule has 0 aromatic heterocycles. The summed E-state index contributed by atoms with van der Waals surface area (Å²) < 4.78 is 18.8. The van der Waals surface area contributed by atoms with Gasteiger partial charge in [-0.05, 0) is 29.8 Å². The van der Waals surface area contributed by atoms with Crippen molar-refractivity contribution in [2.24, 2.45) is 0 Å². The fourth-order valence-electron chi connectivity index (χ4n) is 4.41. The van der Waals surface area contributed by atoms with Crippen LogP contribution in [-0.4, -0.2) is 72.3 Å². The molecule has 2 aliphatic rings. The number of halogens is 1. The van der Waals surface area contributed by atoms with E-state index in [-0.39, 0.29) is 42.7 Å². The maximum Gasteiger partial charge on any atom is 0.322 e. The van der Waals surface area contributed by atoms with Crippen molar-refractivity contribution in [3.05, 3.63) is 65.5 Å². The molecule has 8 heteroatoms. The molecular weight excluding hydrogens is 413 g/mol. The number of amides is 3. The van der Waals surface area contributed by atoms with Crippen LogP contribution in [0.15, 0.2) is 48.5 Å². The van der Waals surface area contributed by atoms with Crippen LogP contribution in [0, 0.1) is 17.7 Å². The second-order valence-corrected chi connectivity index (χ2v) is 7.79. The van der Waals surface area contributed by atoms with E-state index in [0.717, 1.165) is 11.1 Å². The minimum absolute atomic E-state index is 0.0657. The summed E-state index contributed by atoms with van der Waals surface area (Å²) in [5.74, 6) is 5.01. The van der Waals surface area contributed by atoms with Crippen LogP contribution >= 0.6 is 0 Å². The summed E-state index contributed by atoms with van der Waals surface area (Å²) in [6.07, 6.45) is 0. The number of anilines is 1. The molecule has 0 unspecified atom stereocenters. The third-order valence-corrected chi connectivity index (χ3v) is 5.90. The third kappa shape index (κ3) is 4.17. The Hall–Kier alpha value is -3.41. The van der Waals surface area contributed by atoms with E-state index < -0.39 is 11.8 Å². The highest BCUT2D eigenvalue weighted by molar-refractivity contribution is 5.93. The van der Waals surface area contributed by atoms with Gasteiger partial charge in [-0.1, -0.05) is 36.1 Å². The van der Waals surface area contributed by atoms with Gasteiger partial charge in [0.05, 0.1) is 24.4 Å². The number of aliphatic hydroxyl groups excluding tert-OH is 1. The molecule has 4 rings (SSSR count). The van der Waals surface area contributed by atoms with Crippen LogP contribution < -0.4 is 5.32 Å².